The van der Waals surface area contributed by atoms with Crippen LogP contribution in [0.5, 0.6) is 0 Å². The van der Waals surface area contributed by atoms with Crippen LogP contribution in [0.2, 0.25) is 0 Å². The molecule has 1 N–H and O–H groups in total. The highest BCUT2D eigenvalue weighted by Crippen LogP contribution is 2.48. The molecule has 0 aromatic heterocycles. The van der Waals surface area contributed by atoms with Crippen molar-refractivity contribution in [1.82, 2.24) is 24.9 Å². The minimum Gasteiger partial charge on any atom is -0.336 e. The smallest absolute Gasteiger partial charge is 0.120 e. The van der Waals surface area contributed by atoms with Gasteiger partial charge in [0.15, 0.2) is 0 Å². The molecule has 6 aromatic rings. The van der Waals surface area contributed by atoms with Crippen LogP contribution >= 0.6 is 95.6 Å². The van der Waals surface area contributed by atoms with Gasteiger partial charge < -0.3 is 10.2 Å². The second-order valence-corrected chi connectivity index (χ2v) is 21.2. The van der Waals surface area contributed by atoms with E-state index >= 15 is 0 Å². The summed E-state index contributed by atoms with van der Waals surface area (Å²) < 4.78 is 6.47. The third-order valence-electron chi connectivity index (χ3n) is 11.8. The fraction of sp³-hybridized carbons (Fsp3) is 0.229. The van der Waals surface area contributed by atoms with Crippen molar-refractivity contribution in [3.05, 3.63) is 206 Å². The van der Waals surface area contributed by atoms with Crippen LogP contribution in [-0.2, 0) is 39.3 Å². The molecule has 306 valence electrons. The van der Waals surface area contributed by atoms with Crippen LogP contribution in [0, 0.1) is 0 Å². The highest BCUT2D eigenvalue weighted by molar-refractivity contribution is 9.11. The second-order valence-electron chi connectivity index (χ2n) is 15.7. The Hall–Kier alpha value is -2.49. The molecule has 12 heteroatoms. The maximum absolute atomic E-state index is 5.74. The number of amidine groups is 1. The predicted molar refractivity (Wildman–Crippen MR) is 264 cm³/mol. The Morgan fingerprint density at radius 3 is 1.17 bits per heavy atom. The van der Waals surface area contributed by atoms with Crippen molar-refractivity contribution in [2.24, 2.45) is 4.99 Å². The number of fused-ring (bicyclic) bond motifs is 2. The van der Waals surface area contributed by atoms with Crippen LogP contribution < -0.4 is 5.32 Å². The van der Waals surface area contributed by atoms with Gasteiger partial charge in [0.05, 0.1) is 31.0 Å². The van der Waals surface area contributed by atoms with Gasteiger partial charge in [-0.25, -0.2) is 0 Å². The number of benzene rings is 6. The number of rotatable bonds is 13. The quantitative estimate of drug-likeness (QED) is 0.125. The topological polar surface area (TPSA) is 37.4 Å². The van der Waals surface area contributed by atoms with E-state index in [4.69, 9.17) is 4.99 Å². The molecule has 0 amide bonds. The van der Waals surface area contributed by atoms with Gasteiger partial charge in [-0.3, -0.25) is 19.7 Å². The van der Waals surface area contributed by atoms with Gasteiger partial charge in [0.1, 0.15) is 12.0 Å². The zero-order chi connectivity index (χ0) is 41.3. The van der Waals surface area contributed by atoms with Crippen molar-refractivity contribution >= 4 is 101 Å². The fourth-order valence-electron chi connectivity index (χ4n) is 9.04. The summed E-state index contributed by atoms with van der Waals surface area (Å²) in [6.07, 6.45) is 0.0739. The summed E-state index contributed by atoms with van der Waals surface area (Å²) in [5.74, 6) is 1.12. The van der Waals surface area contributed by atoms with Crippen molar-refractivity contribution in [2.75, 3.05) is 0 Å². The lowest BCUT2D eigenvalue weighted by Crippen LogP contribution is -2.76. The van der Waals surface area contributed by atoms with Gasteiger partial charge in [-0.05, 0) is 106 Å². The maximum Gasteiger partial charge on any atom is 0.120 e. The third kappa shape index (κ3) is 9.54. The summed E-state index contributed by atoms with van der Waals surface area (Å²) in [5, 5.41) is 4.23. The van der Waals surface area contributed by atoms with Crippen molar-refractivity contribution in [2.45, 2.75) is 69.8 Å². The molecule has 3 aliphatic heterocycles. The highest BCUT2D eigenvalue weighted by atomic mass is 79.9. The molecule has 3 fully saturated rings. The van der Waals surface area contributed by atoms with Crippen LogP contribution in [0.25, 0.3) is 0 Å². The molecule has 6 nitrogen and oxygen atoms in total. The Labute approximate surface area is 403 Å². The first-order chi connectivity index (χ1) is 29.2. The van der Waals surface area contributed by atoms with Crippen LogP contribution in [0.15, 0.2) is 177 Å². The van der Waals surface area contributed by atoms with E-state index in [1.165, 1.54) is 33.4 Å². The average Bonchev–Trinajstić information content (AvgIpc) is 3.44. The van der Waals surface area contributed by atoms with Crippen LogP contribution in [0.1, 0.15) is 33.4 Å². The summed E-state index contributed by atoms with van der Waals surface area (Å²) in [7, 11) is 0. The van der Waals surface area contributed by atoms with E-state index in [1.807, 2.05) is 0 Å². The van der Waals surface area contributed by atoms with Gasteiger partial charge in [0, 0.05) is 59.6 Å². The molecule has 0 saturated carbocycles. The van der Waals surface area contributed by atoms with Crippen molar-refractivity contribution in [3.63, 3.8) is 0 Å². The molecule has 60 heavy (non-hydrogen) atoms. The second kappa shape index (κ2) is 19.1. The van der Waals surface area contributed by atoms with Crippen molar-refractivity contribution in [1.29, 1.82) is 0 Å². The van der Waals surface area contributed by atoms with Crippen LogP contribution in [0.4, 0.5) is 0 Å². The van der Waals surface area contributed by atoms with Gasteiger partial charge in [0.25, 0.3) is 0 Å². The van der Waals surface area contributed by atoms with E-state index < -0.39 is 0 Å². The predicted octanol–water partition coefficient (Wildman–Crippen LogP) is 12.7. The minimum absolute atomic E-state index is 0.0187. The normalized spacial score (nSPS) is 22.3. The Balaban J connectivity index is 1.25. The van der Waals surface area contributed by atoms with E-state index in [1.54, 1.807) is 0 Å². The number of piperazine rings is 1. The summed E-state index contributed by atoms with van der Waals surface area (Å²) in [4.78, 5) is 16.7. The molecule has 5 unspecified atom stereocenters. The third-order valence-corrected chi connectivity index (χ3v) is 14.9. The van der Waals surface area contributed by atoms with E-state index in [-0.39, 0.29) is 30.6 Å². The number of aliphatic imine (C=N–C) groups is 1. The molecule has 6 aromatic carbocycles. The Kier molecular flexibility index (Phi) is 13.6. The standard InChI is InChI=1S/C48H42Br6N6/c49-37-13-1-31(2-14-37)25-55-43-44-45(56-26-32-3-15-38(50)16-4-32)58(28-34-7-19-40(52)20-8-34)48-47(57(44)27-33-5-17-39(51)18-6-33)59(29-35-9-21-41(53)22-10-35)46(43)60(48)30-36-11-23-42(54)24-12-36/h1-24,43-44,46-48,55H,25-30H2. The number of nitrogens with one attached hydrogen (secondary N) is 1. The molecule has 0 spiro atoms. The van der Waals surface area contributed by atoms with Gasteiger partial charge in [-0.2, -0.15) is 0 Å². The summed E-state index contributed by atoms with van der Waals surface area (Å²) in [6, 6.07) is 52.7. The summed E-state index contributed by atoms with van der Waals surface area (Å²) >= 11 is 22.1. The zero-order valence-corrected chi connectivity index (χ0v) is 42.0. The van der Waals surface area contributed by atoms with Crippen molar-refractivity contribution < 1.29 is 0 Å². The number of hydrogen-bond acceptors (Lipinski definition) is 5. The van der Waals surface area contributed by atoms with Gasteiger partial charge in [-0.15, -0.1) is 0 Å². The van der Waals surface area contributed by atoms with Gasteiger partial charge >= 0.3 is 0 Å². The fourth-order valence-corrected chi connectivity index (χ4v) is 10.6. The molecule has 3 aliphatic rings. The van der Waals surface area contributed by atoms with E-state index in [9.17, 15) is 0 Å². The maximum atomic E-state index is 5.74. The van der Waals surface area contributed by atoms with Gasteiger partial charge in [0.2, 0.25) is 0 Å². The molecule has 3 bridgehead atoms. The molecule has 5 atom stereocenters. The number of hydrogen-bond donors (Lipinski definition) is 1. The lowest BCUT2D eigenvalue weighted by molar-refractivity contribution is -0.0751. The number of nitrogens with zero attached hydrogens (tertiary/aromatic N) is 5. The molecule has 0 aliphatic carbocycles. The molecule has 3 heterocycles. The van der Waals surface area contributed by atoms with Crippen molar-refractivity contribution in [3.8, 4) is 0 Å². The van der Waals surface area contributed by atoms with E-state index in [0.717, 1.165) is 65.4 Å². The van der Waals surface area contributed by atoms with E-state index in [2.05, 4.69) is 266 Å². The summed E-state index contributed by atoms with van der Waals surface area (Å²) in [5.41, 5.74) is 7.52. The Bertz CT molecular complexity index is 2410. The molecular formula is C48H42Br6N6. The first kappa shape index (κ1) is 42.8. The number of halogens is 6. The van der Waals surface area contributed by atoms with Crippen LogP contribution in [-0.4, -0.2) is 56.0 Å². The first-order valence-electron chi connectivity index (χ1n) is 20.0. The minimum atomic E-state index is -0.0441. The summed E-state index contributed by atoms with van der Waals surface area (Å²) in [6.45, 7) is 4.38. The lowest BCUT2D eigenvalue weighted by Gasteiger charge is -2.57. The van der Waals surface area contributed by atoms with Gasteiger partial charge in [-0.1, -0.05) is 168 Å². The average molecular weight is 1180 g/mol. The highest BCUT2D eigenvalue weighted by Gasteiger charge is 2.66. The molecule has 9 rings (SSSR count). The zero-order valence-electron chi connectivity index (χ0n) is 32.5. The monoisotopic (exact) mass is 1180 g/mol. The van der Waals surface area contributed by atoms with Crippen LogP contribution in [0.3, 0.4) is 0 Å². The molecule has 3 saturated heterocycles. The Morgan fingerprint density at radius 2 is 0.733 bits per heavy atom. The molecule has 0 radical (unpaired) electrons. The first-order valence-corrected chi connectivity index (χ1v) is 24.7. The SMILES string of the molecule is Brc1ccc(CN=C2C3C(NCc4ccc(Br)cc4)C4N(Cc5ccc(Br)cc5)C(C(N3Cc3ccc(Br)cc3)N4Cc3ccc(Br)cc3)N2Cc2ccc(Br)cc2)cc1. The lowest BCUT2D eigenvalue weighted by atomic mass is 9.92. The largest absolute Gasteiger partial charge is 0.336 e. The molecular weight excluding hydrogens is 1140 g/mol. The Morgan fingerprint density at radius 1 is 0.383 bits per heavy atom. The van der Waals surface area contributed by atoms with E-state index in [0.29, 0.717) is 6.54 Å².